The van der Waals surface area contributed by atoms with Gasteiger partial charge in [-0.05, 0) is 37.6 Å². The number of rotatable bonds is 4. The van der Waals surface area contributed by atoms with Crippen molar-refractivity contribution < 1.29 is 14.3 Å². The molecule has 0 bridgehead atoms. The molecule has 1 N–H and O–H groups in total. The molecule has 1 unspecified atom stereocenters. The van der Waals surface area contributed by atoms with Gasteiger partial charge in [-0.25, -0.2) is 0 Å². The molecule has 0 radical (unpaired) electrons. The molecule has 3 heteroatoms. The Hall–Kier alpha value is -2.26. The van der Waals surface area contributed by atoms with E-state index in [9.17, 15) is 5.11 Å². The van der Waals surface area contributed by atoms with Crippen molar-refractivity contribution in [3.05, 3.63) is 65.9 Å². The molecule has 0 saturated carbocycles. The highest BCUT2D eigenvalue weighted by atomic mass is 16.5. The lowest BCUT2D eigenvalue weighted by Gasteiger charge is -2.14. The lowest BCUT2D eigenvalue weighted by Crippen LogP contribution is -2.06. The van der Waals surface area contributed by atoms with Gasteiger partial charge in [0.1, 0.15) is 17.4 Å². The van der Waals surface area contributed by atoms with E-state index in [0.29, 0.717) is 0 Å². The summed E-state index contributed by atoms with van der Waals surface area (Å²) in [7, 11) is 0. The van der Waals surface area contributed by atoms with Gasteiger partial charge in [0, 0.05) is 10.9 Å². The molecule has 21 heavy (non-hydrogen) atoms. The van der Waals surface area contributed by atoms with E-state index < -0.39 is 6.10 Å². The topological polar surface area (TPSA) is 42.6 Å². The van der Waals surface area contributed by atoms with Crippen LogP contribution in [0.2, 0.25) is 0 Å². The fourth-order valence-electron chi connectivity index (χ4n) is 2.42. The Bertz CT molecular complexity index is 743. The predicted octanol–water partition coefficient (Wildman–Crippen LogP) is 4.30. The largest absolute Gasteiger partial charge is 0.491 e. The van der Waals surface area contributed by atoms with E-state index in [1.807, 2.05) is 62.4 Å². The minimum Gasteiger partial charge on any atom is -0.491 e. The van der Waals surface area contributed by atoms with E-state index in [2.05, 4.69) is 0 Å². The monoisotopic (exact) mass is 282 g/mol. The molecule has 0 fully saturated rings. The summed E-state index contributed by atoms with van der Waals surface area (Å²) < 4.78 is 11.2. The highest BCUT2D eigenvalue weighted by molar-refractivity contribution is 5.81. The van der Waals surface area contributed by atoms with E-state index in [1.165, 1.54) is 0 Å². The smallest absolute Gasteiger partial charge is 0.134 e. The second kappa shape index (κ2) is 5.62. The van der Waals surface area contributed by atoms with Gasteiger partial charge in [0.25, 0.3) is 0 Å². The van der Waals surface area contributed by atoms with Crippen LogP contribution >= 0.6 is 0 Å². The summed E-state index contributed by atoms with van der Waals surface area (Å²) in [6, 6.07) is 15.2. The maximum Gasteiger partial charge on any atom is 0.134 e. The molecule has 1 atom stereocenters. The molecule has 3 aromatic rings. The van der Waals surface area contributed by atoms with Gasteiger partial charge in [-0.3, -0.25) is 0 Å². The lowest BCUT2D eigenvalue weighted by atomic mass is 10.0. The molecule has 1 heterocycles. The van der Waals surface area contributed by atoms with Gasteiger partial charge in [-0.2, -0.15) is 0 Å². The Morgan fingerprint density at radius 3 is 2.67 bits per heavy atom. The molecule has 2 aromatic carbocycles. The Balaban J connectivity index is 1.96. The number of hydrogen-bond donors (Lipinski definition) is 1. The van der Waals surface area contributed by atoms with Crippen LogP contribution in [0.3, 0.4) is 0 Å². The van der Waals surface area contributed by atoms with Crippen LogP contribution in [-0.2, 0) is 0 Å². The van der Waals surface area contributed by atoms with Crippen molar-refractivity contribution in [2.45, 2.75) is 26.1 Å². The first-order valence-electron chi connectivity index (χ1n) is 7.06. The van der Waals surface area contributed by atoms with E-state index in [0.717, 1.165) is 27.8 Å². The average Bonchev–Trinajstić information content (AvgIpc) is 2.90. The van der Waals surface area contributed by atoms with E-state index in [4.69, 9.17) is 9.15 Å². The highest BCUT2D eigenvalue weighted by Crippen LogP contribution is 2.31. The molecule has 0 saturated heterocycles. The fourth-order valence-corrected chi connectivity index (χ4v) is 2.42. The fraction of sp³-hybridized carbons (Fsp3) is 0.222. The molecule has 0 aliphatic carbocycles. The molecule has 3 rings (SSSR count). The van der Waals surface area contributed by atoms with Crippen LogP contribution in [0.4, 0.5) is 0 Å². The lowest BCUT2D eigenvalue weighted by molar-refractivity contribution is 0.216. The first-order chi connectivity index (χ1) is 10.1. The van der Waals surface area contributed by atoms with E-state index >= 15 is 0 Å². The Kier molecular flexibility index (Phi) is 3.67. The van der Waals surface area contributed by atoms with Crippen LogP contribution in [0.1, 0.15) is 31.1 Å². The number of benzene rings is 2. The quantitative estimate of drug-likeness (QED) is 0.775. The van der Waals surface area contributed by atoms with Crippen LogP contribution in [-0.4, -0.2) is 11.2 Å². The first-order valence-corrected chi connectivity index (χ1v) is 7.06. The third-order valence-electron chi connectivity index (χ3n) is 3.35. The van der Waals surface area contributed by atoms with Crippen molar-refractivity contribution in [3.8, 4) is 5.75 Å². The normalized spacial score (nSPS) is 12.8. The summed E-state index contributed by atoms with van der Waals surface area (Å²) in [5.41, 5.74) is 2.34. The van der Waals surface area contributed by atoms with Crippen LogP contribution < -0.4 is 4.74 Å². The van der Waals surface area contributed by atoms with Crippen molar-refractivity contribution in [3.63, 3.8) is 0 Å². The number of aliphatic hydroxyl groups is 1. The Labute approximate surface area is 123 Å². The van der Waals surface area contributed by atoms with Crippen LogP contribution in [0.15, 0.2) is 59.2 Å². The predicted molar refractivity (Wildman–Crippen MR) is 82.5 cm³/mol. The molecular formula is C18H18O3. The maximum absolute atomic E-state index is 10.6. The van der Waals surface area contributed by atoms with Crippen molar-refractivity contribution >= 4 is 11.0 Å². The molecule has 0 aliphatic heterocycles. The second-order valence-corrected chi connectivity index (χ2v) is 5.33. The molecule has 3 nitrogen and oxygen atoms in total. The SMILES string of the molecule is CC(C)Oc1cccc(C(O)c2coc3ccccc23)c1. The Morgan fingerprint density at radius 1 is 1.05 bits per heavy atom. The number of para-hydroxylation sites is 1. The van der Waals surface area contributed by atoms with Gasteiger partial charge < -0.3 is 14.3 Å². The molecule has 1 aromatic heterocycles. The number of aliphatic hydroxyl groups excluding tert-OH is 1. The average molecular weight is 282 g/mol. The van der Waals surface area contributed by atoms with Crippen molar-refractivity contribution in [1.82, 2.24) is 0 Å². The van der Waals surface area contributed by atoms with Crippen molar-refractivity contribution in [2.24, 2.45) is 0 Å². The Morgan fingerprint density at radius 2 is 1.86 bits per heavy atom. The maximum atomic E-state index is 10.6. The van der Waals surface area contributed by atoms with Gasteiger partial charge in [0.2, 0.25) is 0 Å². The third kappa shape index (κ3) is 2.78. The summed E-state index contributed by atoms with van der Waals surface area (Å²) in [4.78, 5) is 0. The van der Waals surface area contributed by atoms with Crippen molar-refractivity contribution in [1.29, 1.82) is 0 Å². The minimum atomic E-state index is -0.732. The van der Waals surface area contributed by atoms with Gasteiger partial charge in [-0.1, -0.05) is 30.3 Å². The summed E-state index contributed by atoms with van der Waals surface area (Å²) in [5.74, 6) is 0.759. The zero-order valence-electron chi connectivity index (χ0n) is 12.1. The molecule has 0 spiro atoms. The summed E-state index contributed by atoms with van der Waals surface area (Å²) in [5, 5.41) is 11.6. The van der Waals surface area contributed by atoms with Gasteiger partial charge in [-0.15, -0.1) is 0 Å². The standard InChI is InChI=1S/C18H18O3/c1-12(2)21-14-7-5-6-13(10-14)18(19)16-11-20-17-9-4-3-8-15(16)17/h3-12,18-19H,1-2H3. The minimum absolute atomic E-state index is 0.104. The van der Waals surface area contributed by atoms with Crippen LogP contribution in [0.5, 0.6) is 5.75 Å². The highest BCUT2D eigenvalue weighted by Gasteiger charge is 2.16. The zero-order chi connectivity index (χ0) is 14.8. The summed E-state index contributed by atoms with van der Waals surface area (Å²) in [6.45, 7) is 3.96. The van der Waals surface area contributed by atoms with Gasteiger partial charge in [0.05, 0.1) is 12.4 Å². The second-order valence-electron chi connectivity index (χ2n) is 5.33. The van der Waals surface area contributed by atoms with Gasteiger partial charge in [0.15, 0.2) is 0 Å². The number of furan rings is 1. The molecule has 0 aliphatic rings. The third-order valence-corrected chi connectivity index (χ3v) is 3.35. The van der Waals surface area contributed by atoms with Crippen LogP contribution in [0.25, 0.3) is 11.0 Å². The number of hydrogen-bond acceptors (Lipinski definition) is 3. The molecule has 0 amide bonds. The number of fused-ring (bicyclic) bond motifs is 1. The van der Waals surface area contributed by atoms with Crippen molar-refractivity contribution in [2.75, 3.05) is 0 Å². The van der Waals surface area contributed by atoms with E-state index in [1.54, 1.807) is 6.26 Å². The molecule has 108 valence electrons. The van der Waals surface area contributed by atoms with Gasteiger partial charge >= 0.3 is 0 Å². The molecular weight excluding hydrogens is 264 g/mol. The van der Waals surface area contributed by atoms with E-state index in [-0.39, 0.29) is 6.10 Å². The first kappa shape index (κ1) is 13.7. The van der Waals surface area contributed by atoms with Crippen LogP contribution in [0, 0.1) is 0 Å². The summed E-state index contributed by atoms with van der Waals surface area (Å²) >= 11 is 0. The summed E-state index contributed by atoms with van der Waals surface area (Å²) in [6.07, 6.45) is 0.988. The zero-order valence-corrected chi connectivity index (χ0v) is 12.1. The number of ether oxygens (including phenoxy) is 1.